The largest absolute Gasteiger partial charge is 0.460 e. The molecule has 6 heteroatoms. The van der Waals surface area contributed by atoms with E-state index < -0.39 is 5.60 Å². The molecule has 2 atom stereocenters. The van der Waals surface area contributed by atoms with Gasteiger partial charge in [-0.2, -0.15) is 0 Å². The van der Waals surface area contributed by atoms with Crippen molar-refractivity contribution in [3.63, 3.8) is 0 Å². The first-order chi connectivity index (χ1) is 11.2. The lowest BCUT2D eigenvalue weighted by molar-refractivity contribution is -0.162. The van der Waals surface area contributed by atoms with Crippen molar-refractivity contribution in [3.8, 4) is 0 Å². The molecule has 0 radical (unpaired) electrons. The maximum absolute atomic E-state index is 12.9. The highest BCUT2D eigenvalue weighted by molar-refractivity contribution is 5.93. The SMILES string of the molecule is C[C@H]1C[C@H](C(=O)OC(C)(C)C)CN(C(=O)c2ocnc2C2CC2)C1. The minimum absolute atomic E-state index is 0.158. The molecule has 2 aliphatic rings. The molecule has 3 rings (SSSR count). The molecule has 24 heavy (non-hydrogen) atoms. The van der Waals surface area contributed by atoms with Crippen LogP contribution in [0.25, 0.3) is 0 Å². The molecule has 0 N–H and O–H groups in total. The normalized spacial score (nSPS) is 24.8. The molecule has 1 saturated carbocycles. The maximum Gasteiger partial charge on any atom is 0.311 e. The van der Waals surface area contributed by atoms with Crippen molar-refractivity contribution in [3.05, 3.63) is 17.8 Å². The molecule has 0 aromatic carbocycles. The Bertz CT molecular complexity index is 627. The maximum atomic E-state index is 12.9. The number of hydrogen-bond donors (Lipinski definition) is 0. The molecule has 2 fully saturated rings. The van der Waals surface area contributed by atoms with Crippen LogP contribution in [0.2, 0.25) is 0 Å². The predicted molar refractivity (Wildman–Crippen MR) is 87.5 cm³/mol. The van der Waals surface area contributed by atoms with Gasteiger partial charge in [0.25, 0.3) is 5.91 Å². The van der Waals surface area contributed by atoms with E-state index in [1.807, 2.05) is 20.8 Å². The Balaban J connectivity index is 1.72. The third-order valence-electron chi connectivity index (χ3n) is 4.44. The van der Waals surface area contributed by atoms with Crippen molar-refractivity contribution in [1.29, 1.82) is 0 Å². The first-order valence-corrected chi connectivity index (χ1v) is 8.70. The van der Waals surface area contributed by atoms with Gasteiger partial charge >= 0.3 is 5.97 Å². The summed E-state index contributed by atoms with van der Waals surface area (Å²) in [6.45, 7) is 8.63. The van der Waals surface area contributed by atoms with E-state index in [4.69, 9.17) is 9.15 Å². The molecule has 1 aromatic rings. The second kappa shape index (κ2) is 6.22. The van der Waals surface area contributed by atoms with E-state index in [9.17, 15) is 9.59 Å². The molecule has 1 amide bonds. The average Bonchev–Trinajstić information content (AvgIpc) is 3.21. The summed E-state index contributed by atoms with van der Waals surface area (Å²) in [6.07, 6.45) is 4.21. The Kier molecular flexibility index (Phi) is 4.40. The van der Waals surface area contributed by atoms with Gasteiger partial charge in [0, 0.05) is 19.0 Å². The Morgan fingerprint density at radius 1 is 1.29 bits per heavy atom. The first-order valence-electron chi connectivity index (χ1n) is 8.70. The minimum atomic E-state index is -0.517. The second-order valence-electron chi connectivity index (χ2n) is 8.12. The third kappa shape index (κ3) is 3.79. The summed E-state index contributed by atoms with van der Waals surface area (Å²) in [5.41, 5.74) is 0.253. The van der Waals surface area contributed by atoms with E-state index in [0.717, 1.165) is 25.0 Å². The van der Waals surface area contributed by atoms with Crippen molar-refractivity contribution in [2.75, 3.05) is 13.1 Å². The lowest BCUT2D eigenvalue weighted by Gasteiger charge is -2.36. The number of oxazole rings is 1. The molecule has 2 heterocycles. The molecule has 0 bridgehead atoms. The van der Waals surface area contributed by atoms with Crippen LogP contribution in [-0.4, -0.2) is 40.5 Å². The Morgan fingerprint density at radius 3 is 2.62 bits per heavy atom. The smallest absolute Gasteiger partial charge is 0.311 e. The fourth-order valence-corrected chi connectivity index (χ4v) is 3.28. The van der Waals surface area contributed by atoms with Crippen LogP contribution in [0.1, 0.15) is 69.1 Å². The Hall–Kier alpha value is -1.85. The summed E-state index contributed by atoms with van der Waals surface area (Å²) in [5, 5.41) is 0. The summed E-state index contributed by atoms with van der Waals surface area (Å²) in [6, 6.07) is 0. The van der Waals surface area contributed by atoms with E-state index in [2.05, 4.69) is 11.9 Å². The molecule has 1 saturated heterocycles. The number of aromatic nitrogens is 1. The van der Waals surface area contributed by atoms with Gasteiger partial charge in [-0.3, -0.25) is 9.59 Å². The standard InChI is InChI=1S/C18H26N2O4/c1-11-7-13(17(22)24-18(2,3)4)9-20(8-11)16(21)15-14(12-5-6-12)19-10-23-15/h10-13H,5-9H2,1-4H3/t11-,13-/m0/s1. The van der Waals surface area contributed by atoms with E-state index in [1.165, 1.54) is 6.39 Å². The molecule has 132 valence electrons. The molecule has 0 unspecified atom stereocenters. The number of rotatable bonds is 3. The minimum Gasteiger partial charge on any atom is -0.460 e. The van der Waals surface area contributed by atoms with Crippen LogP contribution in [0.4, 0.5) is 0 Å². The molecular formula is C18H26N2O4. The van der Waals surface area contributed by atoms with E-state index in [0.29, 0.717) is 24.8 Å². The predicted octanol–water partition coefficient (Wildman–Crippen LogP) is 2.99. The van der Waals surface area contributed by atoms with Crippen LogP contribution in [0.3, 0.4) is 0 Å². The molecule has 1 aliphatic carbocycles. The lowest BCUT2D eigenvalue weighted by atomic mass is 9.90. The highest BCUT2D eigenvalue weighted by atomic mass is 16.6. The lowest BCUT2D eigenvalue weighted by Crippen LogP contribution is -2.47. The van der Waals surface area contributed by atoms with E-state index in [-0.39, 0.29) is 23.7 Å². The zero-order valence-electron chi connectivity index (χ0n) is 14.9. The topological polar surface area (TPSA) is 72.6 Å². The number of esters is 1. The number of piperidine rings is 1. The van der Waals surface area contributed by atoms with Crippen LogP contribution in [-0.2, 0) is 9.53 Å². The molecule has 6 nitrogen and oxygen atoms in total. The molecular weight excluding hydrogens is 308 g/mol. The second-order valence-corrected chi connectivity index (χ2v) is 8.12. The van der Waals surface area contributed by atoms with Crippen molar-refractivity contribution >= 4 is 11.9 Å². The fraction of sp³-hybridized carbons (Fsp3) is 0.722. The third-order valence-corrected chi connectivity index (χ3v) is 4.44. The van der Waals surface area contributed by atoms with E-state index >= 15 is 0 Å². The number of amides is 1. The summed E-state index contributed by atoms with van der Waals surface area (Å²) in [5.74, 6) is 0.263. The number of likely N-dealkylation sites (tertiary alicyclic amines) is 1. The summed E-state index contributed by atoms with van der Waals surface area (Å²) < 4.78 is 10.9. The van der Waals surface area contributed by atoms with Crippen molar-refractivity contribution in [2.24, 2.45) is 11.8 Å². The van der Waals surface area contributed by atoms with Crippen LogP contribution in [0, 0.1) is 11.8 Å². The van der Waals surface area contributed by atoms with Gasteiger partial charge in [0.1, 0.15) is 5.60 Å². The van der Waals surface area contributed by atoms with Gasteiger partial charge in [-0.1, -0.05) is 6.92 Å². The van der Waals surface area contributed by atoms with Crippen LogP contribution in [0.15, 0.2) is 10.8 Å². The van der Waals surface area contributed by atoms with Gasteiger partial charge in [0.2, 0.25) is 5.76 Å². The highest BCUT2D eigenvalue weighted by Crippen LogP contribution is 2.41. The molecule has 1 aliphatic heterocycles. The number of ether oxygens (including phenoxy) is 1. The average molecular weight is 334 g/mol. The van der Waals surface area contributed by atoms with Crippen molar-refractivity contribution in [1.82, 2.24) is 9.88 Å². The zero-order valence-corrected chi connectivity index (χ0v) is 14.9. The van der Waals surface area contributed by atoms with Crippen molar-refractivity contribution in [2.45, 2.75) is 58.5 Å². The Labute approximate surface area is 142 Å². The number of hydrogen-bond acceptors (Lipinski definition) is 5. The molecule has 1 aromatic heterocycles. The molecule has 0 spiro atoms. The van der Waals surface area contributed by atoms with Gasteiger partial charge in [-0.15, -0.1) is 0 Å². The van der Waals surface area contributed by atoms with Gasteiger partial charge < -0.3 is 14.1 Å². The highest BCUT2D eigenvalue weighted by Gasteiger charge is 2.38. The van der Waals surface area contributed by atoms with E-state index in [1.54, 1.807) is 4.90 Å². The summed E-state index contributed by atoms with van der Waals surface area (Å²) in [7, 11) is 0. The summed E-state index contributed by atoms with van der Waals surface area (Å²) >= 11 is 0. The number of nitrogens with zero attached hydrogens (tertiary/aromatic N) is 2. The van der Waals surface area contributed by atoms with Crippen molar-refractivity contribution < 1.29 is 18.7 Å². The van der Waals surface area contributed by atoms with Gasteiger partial charge in [0.15, 0.2) is 6.39 Å². The number of carbonyl (C=O) groups excluding carboxylic acids is 2. The first kappa shape index (κ1) is 17.0. The van der Waals surface area contributed by atoms with Crippen LogP contribution >= 0.6 is 0 Å². The quantitative estimate of drug-likeness (QED) is 0.795. The monoisotopic (exact) mass is 334 g/mol. The van der Waals surface area contributed by atoms with Gasteiger partial charge in [-0.25, -0.2) is 4.98 Å². The number of carbonyl (C=O) groups is 2. The van der Waals surface area contributed by atoms with Crippen LogP contribution < -0.4 is 0 Å². The van der Waals surface area contributed by atoms with Gasteiger partial charge in [0.05, 0.1) is 11.6 Å². The Morgan fingerprint density at radius 2 is 2.00 bits per heavy atom. The fourth-order valence-electron chi connectivity index (χ4n) is 3.28. The summed E-state index contributed by atoms with van der Waals surface area (Å²) in [4.78, 5) is 31.2. The zero-order chi connectivity index (χ0) is 17.5. The van der Waals surface area contributed by atoms with Crippen LogP contribution in [0.5, 0.6) is 0 Å². The van der Waals surface area contributed by atoms with Gasteiger partial charge in [-0.05, 0) is 46.0 Å².